The molecule has 0 saturated heterocycles. The molecule has 0 aliphatic rings. The second-order valence-corrected chi connectivity index (χ2v) is 5.08. The number of benzene rings is 1. The Morgan fingerprint density at radius 2 is 2.04 bits per heavy atom. The van der Waals surface area contributed by atoms with Crippen LogP contribution in [0.5, 0.6) is 5.75 Å². The van der Waals surface area contributed by atoms with Crippen LogP contribution in [0.15, 0.2) is 59.2 Å². The molecule has 0 spiro atoms. The molecule has 0 unspecified atom stereocenters. The Balaban J connectivity index is 1.59. The van der Waals surface area contributed by atoms with Gasteiger partial charge in [0.1, 0.15) is 35.4 Å². The van der Waals surface area contributed by atoms with Crippen molar-refractivity contribution in [1.29, 1.82) is 0 Å². The normalized spacial score (nSPS) is 11.1. The predicted molar refractivity (Wildman–Crippen MR) is 86.0 cm³/mol. The molecule has 0 radical (unpaired) electrons. The molecule has 2 aromatic heterocycles. The van der Waals surface area contributed by atoms with Crippen molar-refractivity contribution >= 4 is 11.9 Å². The fraction of sp³-hybridized carbons (Fsp3) is 0.111. The van der Waals surface area contributed by atoms with Gasteiger partial charge in [-0.05, 0) is 54.6 Å². The minimum atomic E-state index is -0.314. The van der Waals surface area contributed by atoms with Crippen LogP contribution >= 0.6 is 0 Å². The molecule has 0 atom stereocenters. The third-order valence-electron chi connectivity index (χ3n) is 3.35. The Labute approximate surface area is 138 Å². The van der Waals surface area contributed by atoms with Gasteiger partial charge in [-0.3, -0.25) is 9.48 Å². The minimum absolute atomic E-state index is 0.157. The van der Waals surface area contributed by atoms with Crippen LogP contribution in [0.2, 0.25) is 0 Å². The highest BCUT2D eigenvalue weighted by Gasteiger charge is 2.07. The first kappa shape index (κ1) is 15.7. The Kier molecular flexibility index (Phi) is 4.56. The van der Waals surface area contributed by atoms with Crippen LogP contribution in [0.3, 0.4) is 0 Å². The van der Waals surface area contributed by atoms with Crippen molar-refractivity contribution in [2.75, 3.05) is 0 Å². The van der Waals surface area contributed by atoms with Crippen LogP contribution in [0.1, 0.15) is 22.0 Å². The molecule has 0 aliphatic carbocycles. The second-order valence-electron chi connectivity index (χ2n) is 5.08. The van der Waals surface area contributed by atoms with E-state index in [-0.39, 0.29) is 18.2 Å². The van der Waals surface area contributed by atoms with Crippen molar-refractivity contribution in [2.45, 2.75) is 6.61 Å². The molecule has 0 bridgehead atoms. The van der Waals surface area contributed by atoms with Crippen molar-refractivity contribution in [3.8, 4) is 5.75 Å². The van der Waals surface area contributed by atoms with E-state index >= 15 is 0 Å². The first-order chi connectivity index (χ1) is 11.6. The number of ketones is 1. The number of carbonyl (C=O) groups excluding carboxylic acids is 1. The van der Waals surface area contributed by atoms with Gasteiger partial charge in [-0.15, -0.1) is 0 Å². The van der Waals surface area contributed by atoms with Gasteiger partial charge in [0.25, 0.3) is 0 Å². The highest BCUT2D eigenvalue weighted by Crippen LogP contribution is 2.16. The van der Waals surface area contributed by atoms with Crippen molar-refractivity contribution in [1.82, 2.24) is 9.78 Å². The van der Waals surface area contributed by atoms with E-state index in [0.717, 1.165) is 0 Å². The molecule has 0 saturated carbocycles. The standard InChI is InChI=1S/C18H15FN2O3/c1-21-17(10-11-20-21)18(22)9-8-15-6-7-16(24-15)12-23-14-4-2-13(19)3-5-14/h2-11H,12H2,1H3. The molecule has 0 amide bonds. The van der Waals surface area contributed by atoms with Crippen molar-refractivity contribution in [3.63, 3.8) is 0 Å². The van der Waals surface area contributed by atoms with Gasteiger partial charge in [0.15, 0.2) is 0 Å². The summed E-state index contributed by atoms with van der Waals surface area (Å²) in [5.74, 6) is 1.23. The number of aryl methyl sites for hydroxylation is 1. The molecule has 6 heteroatoms. The van der Waals surface area contributed by atoms with Gasteiger partial charge in [0.05, 0.1) is 0 Å². The zero-order chi connectivity index (χ0) is 16.9. The number of carbonyl (C=O) groups is 1. The van der Waals surface area contributed by atoms with E-state index in [1.165, 1.54) is 22.9 Å². The molecule has 0 fully saturated rings. The molecule has 3 aromatic rings. The number of halogens is 1. The average Bonchev–Trinajstić information content (AvgIpc) is 3.21. The van der Waals surface area contributed by atoms with E-state index in [9.17, 15) is 9.18 Å². The number of furan rings is 1. The van der Waals surface area contributed by atoms with E-state index in [4.69, 9.17) is 9.15 Å². The Bertz CT molecular complexity index is 863. The summed E-state index contributed by atoms with van der Waals surface area (Å²) in [7, 11) is 1.71. The van der Waals surface area contributed by atoms with Crippen molar-refractivity contribution in [3.05, 3.63) is 77.8 Å². The molecule has 5 nitrogen and oxygen atoms in total. The molecule has 0 aliphatic heterocycles. The van der Waals surface area contributed by atoms with Gasteiger partial charge >= 0.3 is 0 Å². The molecular formula is C18H15FN2O3. The maximum Gasteiger partial charge on any atom is 0.203 e. The highest BCUT2D eigenvalue weighted by molar-refractivity contribution is 6.05. The zero-order valence-electron chi connectivity index (χ0n) is 13.0. The van der Waals surface area contributed by atoms with Crippen LogP contribution in [-0.2, 0) is 13.7 Å². The first-order valence-electron chi connectivity index (χ1n) is 7.29. The largest absolute Gasteiger partial charge is 0.486 e. The zero-order valence-corrected chi connectivity index (χ0v) is 13.0. The summed E-state index contributed by atoms with van der Waals surface area (Å²) in [6, 6.07) is 10.9. The lowest BCUT2D eigenvalue weighted by molar-refractivity contribution is 0.103. The number of hydrogen-bond acceptors (Lipinski definition) is 4. The molecule has 24 heavy (non-hydrogen) atoms. The van der Waals surface area contributed by atoms with E-state index in [2.05, 4.69) is 5.10 Å². The number of aromatic nitrogens is 2. The maximum absolute atomic E-state index is 12.8. The van der Waals surface area contributed by atoms with Crippen molar-refractivity contribution < 1.29 is 18.3 Å². The fourth-order valence-electron chi connectivity index (χ4n) is 2.11. The van der Waals surface area contributed by atoms with Gasteiger partial charge in [0.2, 0.25) is 5.78 Å². The van der Waals surface area contributed by atoms with E-state index in [0.29, 0.717) is 23.0 Å². The van der Waals surface area contributed by atoms with Gasteiger partial charge in [-0.2, -0.15) is 5.10 Å². The Morgan fingerprint density at radius 1 is 1.25 bits per heavy atom. The lowest BCUT2D eigenvalue weighted by Gasteiger charge is -2.03. The molecule has 122 valence electrons. The molecule has 1 aromatic carbocycles. The SMILES string of the molecule is Cn1nccc1C(=O)C=Cc1ccc(COc2ccc(F)cc2)o1. The molecule has 0 N–H and O–H groups in total. The van der Waals surface area contributed by atoms with Crippen LogP contribution < -0.4 is 4.74 Å². The Morgan fingerprint density at radius 3 is 2.75 bits per heavy atom. The number of allylic oxidation sites excluding steroid dienone is 1. The lowest BCUT2D eigenvalue weighted by Crippen LogP contribution is -2.03. The lowest BCUT2D eigenvalue weighted by atomic mass is 10.2. The third kappa shape index (κ3) is 3.78. The predicted octanol–water partition coefficient (Wildman–Crippen LogP) is 3.63. The average molecular weight is 326 g/mol. The van der Waals surface area contributed by atoms with Gasteiger partial charge < -0.3 is 9.15 Å². The summed E-state index contributed by atoms with van der Waals surface area (Å²) >= 11 is 0. The molecule has 2 heterocycles. The van der Waals surface area contributed by atoms with Crippen LogP contribution in [0.25, 0.3) is 6.08 Å². The third-order valence-corrected chi connectivity index (χ3v) is 3.35. The summed E-state index contributed by atoms with van der Waals surface area (Å²) in [5, 5.41) is 3.95. The van der Waals surface area contributed by atoms with Gasteiger partial charge in [-0.25, -0.2) is 4.39 Å². The molecule has 3 rings (SSSR count). The summed E-state index contributed by atoms with van der Waals surface area (Å²) in [5.41, 5.74) is 0.498. The first-order valence-corrected chi connectivity index (χ1v) is 7.29. The van der Waals surface area contributed by atoms with E-state index < -0.39 is 0 Å². The van der Waals surface area contributed by atoms with Gasteiger partial charge in [0, 0.05) is 13.2 Å². The minimum Gasteiger partial charge on any atom is -0.486 e. The number of ether oxygens (including phenoxy) is 1. The summed E-state index contributed by atoms with van der Waals surface area (Å²) in [4.78, 5) is 12.0. The van der Waals surface area contributed by atoms with Gasteiger partial charge in [-0.1, -0.05) is 0 Å². The second kappa shape index (κ2) is 6.95. The number of rotatable bonds is 6. The van der Waals surface area contributed by atoms with E-state index in [1.807, 2.05) is 0 Å². The summed E-state index contributed by atoms with van der Waals surface area (Å²) in [6.45, 7) is 0.217. The summed E-state index contributed by atoms with van der Waals surface area (Å²) < 4.78 is 25.4. The smallest absolute Gasteiger partial charge is 0.203 e. The van der Waals surface area contributed by atoms with Crippen LogP contribution in [0, 0.1) is 5.82 Å². The topological polar surface area (TPSA) is 57.3 Å². The van der Waals surface area contributed by atoms with E-state index in [1.54, 1.807) is 49.7 Å². The fourth-order valence-corrected chi connectivity index (χ4v) is 2.11. The highest BCUT2D eigenvalue weighted by atomic mass is 19.1. The quantitative estimate of drug-likeness (QED) is 0.513. The monoisotopic (exact) mass is 326 g/mol. The molecular weight excluding hydrogens is 311 g/mol. The van der Waals surface area contributed by atoms with Crippen molar-refractivity contribution in [2.24, 2.45) is 7.05 Å². The van der Waals surface area contributed by atoms with Crippen LogP contribution in [-0.4, -0.2) is 15.6 Å². The summed E-state index contributed by atoms with van der Waals surface area (Å²) in [6.07, 6.45) is 4.59. The number of nitrogens with zero attached hydrogens (tertiary/aromatic N) is 2. The maximum atomic E-state index is 12.8. The Hall–Kier alpha value is -3.15. The number of hydrogen-bond donors (Lipinski definition) is 0. The van der Waals surface area contributed by atoms with Crippen LogP contribution in [0.4, 0.5) is 4.39 Å².